The summed E-state index contributed by atoms with van der Waals surface area (Å²) >= 11 is 1.64. The Morgan fingerprint density at radius 1 is 1.17 bits per heavy atom. The van der Waals surface area contributed by atoms with Gasteiger partial charge in [-0.05, 0) is 48.4 Å². The number of carbonyl (C=O) groups is 1. The number of hydrogen-bond acceptors (Lipinski definition) is 2. The van der Waals surface area contributed by atoms with Gasteiger partial charge < -0.3 is 4.90 Å². The quantitative estimate of drug-likeness (QED) is 0.623. The Morgan fingerprint density at radius 2 is 1.92 bits per heavy atom. The van der Waals surface area contributed by atoms with Gasteiger partial charge in [0.1, 0.15) is 0 Å². The van der Waals surface area contributed by atoms with Crippen molar-refractivity contribution in [1.29, 1.82) is 0 Å². The molecule has 1 atom stereocenters. The summed E-state index contributed by atoms with van der Waals surface area (Å²) in [5.74, 6) is 0.164. The number of rotatable bonds is 3. The monoisotopic (exact) mass is 335 g/mol. The van der Waals surface area contributed by atoms with Gasteiger partial charge in [0.15, 0.2) is 0 Å². The van der Waals surface area contributed by atoms with E-state index < -0.39 is 0 Å². The molecule has 2 aromatic carbocycles. The summed E-state index contributed by atoms with van der Waals surface area (Å²) in [4.78, 5) is 16.3. The molecule has 1 aromatic heterocycles. The molecule has 122 valence electrons. The van der Waals surface area contributed by atoms with Crippen molar-refractivity contribution < 1.29 is 4.79 Å². The molecule has 0 radical (unpaired) electrons. The first-order valence-corrected chi connectivity index (χ1v) is 9.44. The highest BCUT2D eigenvalue weighted by Gasteiger charge is 2.33. The lowest BCUT2D eigenvalue weighted by atomic mass is 10.1. The van der Waals surface area contributed by atoms with Gasteiger partial charge in [-0.3, -0.25) is 4.79 Å². The molecule has 2 nitrogen and oxygen atoms in total. The van der Waals surface area contributed by atoms with E-state index in [1.54, 1.807) is 11.3 Å². The SMILES string of the molecule is CCCc1c(C(=O)N2c3ccccc3CC2C)sc2ccccc12. The van der Waals surface area contributed by atoms with Gasteiger partial charge in [0.25, 0.3) is 5.91 Å². The molecular weight excluding hydrogens is 314 g/mol. The minimum atomic E-state index is 0.164. The summed E-state index contributed by atoms with van der Waals surface area (Å²) in [6.07, 6.45) is 2.94. The normalized spacial score (nSPS) is 16.6. The lowest BCUT2D eigenvalue weighted by Gasteiger charge is -2.22. The first-order chi connectivity index (χ1) is 11.7. The molecule has 0 spiro atoms. The van der Waals surface area contributed by atoms with E-state index in [1.807, 2.05) is 11.0 Å². The predicted molar refractivity (Wildman–Crippen MR) is 102 cm³/mol. The highest BCUT2D eigenvalue weighted by Crippen LogP contribution is 2.38. The van der Waals surface area contributed by atoms with Crippen LogP contribution in [-0.4, -0.2) is 11.9 Å². The van der Waals surface area contributed by atoms with Gasteiger partial charge in [0.05, 0.1) is 4.88 Å². The van der Waals surface area contributed by atoms with Crippen molar-refractivity contribution in [3.05, 3.63) is 64.5 Å². The zero-order valence-electron chi connectivity index (χ0n) is 14.1. The molecule has 2 heterocycles. The third kappa shape index (κ3) is 2.35. The molecule has 0 saturated heterocycles. The van der Waals surface area contributed by atoms with Crippen molar-refractivity contribution in [3.8, 4) is 0 Å². The molecule has 0 aliphatic carbocycles. The number of aryl methyl sites for hydroxylation is 1. The summed E-state index contributed by atoms with van der Waals surface area (Å²) in [6.45, 7) is 4.32. The fourth-order valence-corrected chi connectivity index (χ4v) is 4.94. The van der Waals surface area contributed by atoms with Crippen LogP contribution in [0.3, 0.4) is 0 Å². The van der Waals surface area contributed by atoms with Gasteiger partial charge >= 0.3 is 0 Å². The number of carbonyl (C=O) groups excluding carboxylic acids is 1. The van der Waals surface area contributed by atoms with Crippen molar-refractivity contribution >= 4 is 33.0 Å². The minimum Gasteiger partial charge on any atom is -0.304 e. The standard InChI is InChI=1S/C21H21NOS/c1-3-8-17-16-10-5-7-12-19(16)24-20(17)21(23)22-14(2)13-15-9-4-6-11-18(15)22/h4-7,9-12,14H,3,8,13H2,1-2H3. The molecule has 3 heteroatoms. The number of nitrogens with zero attached hydrogens (tertiary/aromatic N) is 1. The lowest BCUT2D eigenvalue weighted by molar-refractivity contribution is 0.0984. The van der Waals surface area contributed by atoms with Crippen LogP contribution in [0.1, 0.15) is 41.1 Å². The number of amides is 1. The maximum Gasteiger partial charge on any atom is 0.268 e. The van der Waals surface area contributed by atoms with Gasteiger partial charge in [-0.1, -0.05) is 49.7 Å². The Bertz CT molecular complexity index is 911. The molecular formula is C21H21NOS. The van der Waals surface area contributed by atoms with Gasteiger partial charge in [-0.15, -0.1) is 11.3 Å². The Hall–Kier alpha value is -2.13. The second-order valence-electron chi connectivity index (χ2n) is 6.51. The summed E-state index contributed by atoms with van der Waals surface area (Å²) in [6, 6.07) is 16.9. The van der Waals surface area contributed by atoms with Crippen LogP contribution in [0.5, 0.6) is 0 Å². The summed E-state index contributed by atoms with van der Waals surface area (Å²) in [5, 5.41) is 1.24. The third-order valence-electron chi connectivity index (χ3n) is 4.82. The minimum absolute atomic E-state index is 0.164. The first kappa shape index (κ1) is 15.4. The zero-order valence-corrected chi connectivity index (χ0v) is 14.9. The first-order valence-electron chi connectivity index (χ1n) is 8.62. The average Bonchev–Trinajstić information content (AvgIpc) is 3.12. The number of benzene rings is 2. The van der Waals surface area contributed by atoms with Crippen molar-refractivity contribution in [2.75, 3.05) is 4.90 Å². The maximum absolute atomic E-state index is 13.4. The molecule has 0 N–H and O–H groups in total. The lowest BCUT2D eigenvalue weighted by Crippen LogP contribution is -2.35. The van der Waals surface area contributed by atoms with Crippen LogP contribution in [0.15, 0.2) is 48.5 Å². The molecule has 0 fully saturated rings. The molecule has 24 heavy (non-hydrogen) atoms. The smallest absolute Gasteiger partial charge is 0.268 e. The van der Waals surface area contributed by atoms with E-state index in [-0.39, 0.29) is 11.9 Å². The van der Waals surface area contributed by atoms with E-state index in [0.29, 0.717) is 0 Å². The molecule has 1 aliphatic heterocycles. The predicted octanol–water partition coefficient (Wildman–Crippen LogP) is 5.45. The molecule has 1 unspecified atom stereocenters. The van der Waals surface area contributed by atoms with Gasteiger partial charge in [0, 0.05) is 16.4 Å². The molecule has 1 amide bonds. The number of anilines is 1. The van der Waals surface area contributed by atoms with Crippen LogP contribution >= 0.6 is 11.3 Å². The summed E-state index contributed by atoms with van der Waals surface area (Å²) in [5.41, 5.74) is 3.58. The molecule has 0 saturated carbocycles. The largest absolute Gasteiger partial charge is 0.304 e. The van der Waals surface area contributed by atoms with Crippen LogP contribution in [0.2, 0.25) is 0 Å². The number of thiophene rings is 1. The number of fused-ring (bicyclic) bond motifs is 2. The Balaban J connectivity index is 1.83. The van der Waals surface area contributed by atoms with Gasteiger partial charge in [-0.25, -0.2) is 0 Å². The highest BCUT2D eigenvalue weighted by atomic mass is 32.1. The van der Waals surface area contributed by atoms with E-state index in [4.69, 9.17) is 0 Å². The van der Waals surface area contributed by atoms with E-state index in [9.17, 15) is 4.79 Å². The van der Waals surface area contributed by atoms with Crippen molar-refractivity contribution in [1.82, 2.24) is 0 Å². The second kappa shape index (κ2) is 6.06. The van der Waals surface area contributed by atoms with Crippen molar-refractivity contribution in [2.45, 2.75) is 39.2 Å². The fraction of sp³-hybridized carbons (Fsp3) is 0.286. The van der Waals surface area contributed by atoms with Crippen molar-refractivity contribution in [2.24, 2.45) is 0 Å². The van der Waals surface area contributed by atoms with Crippen LogP contribution in [0.25, 0.3) is 10.1 Å². The maximum atomic E-state index is 13.4. The van der Waals surface area contributed by atoms with E-state index in [1.165, 1.54) is 21.2 Å². The van der Waals surface area contributed by atoms with E-state index in [0.717, 1.165) is 29.8 Å². The highest BCUT2D eigenvalue weighted by molar-refractivity contribution is 7.21. The fourth-order valence-electron chi connectivity index (χ4n) is 3.75. The Kier molecular flexibility index (Phi) is 3.89. The molecule has 1 aliphatic rings. The summed E-state index contributed by atoms with van der Waals surface area (Å²) in [7, 11) is 0. The van der Waals surface area contributed by atoms with E-state index >= 15 is 0 Å². The average molecular weight is 335 g/mol. The Labute approximate surface area is 146 Å². The third-order valence-corrected chi connectivity index (χ3v) is 6.02. The van der Waals surface area contributed by atoms with Gasteiger partial charge in [0.2, 0.25) is 0 Å². The zero-order chi connectivity index (χ0) is 16.7. The Morgan fingerprint density at radius 3 is 2.75 bits per heavy atom. The topological polar surface area (TPSA) is 20.3 Å². The second-order valence-corrected chi connectivity index (χ2v) is 7.57. The number of para-hydroxylation sites is 1. The summed E-state index contributed by atoms with van der Waals surface area (Å²) < 4.78 is 1.21. The van der Waals surface area contributed by atoms with Crippen LogP contribution in [0.4, 0.5) is 5.69 Å². The molecule has 4 rings (SSSR count). The van der Waals surface area contributed by atoms with Crippen LogP contribution in [-0.2, 0) is 12.8 Å². The van der Waals surface area contributed by atoms with Crippen molar-refractivity contribution in [3.63, 3.8) is 0 Å². The van der Waals surface area contributed by atoms with Gasteiger partial charge in [-0.2, -0.15) is 0 Å². The molecule has 0 bridgehead atoms. The van der Waals surface area contributed by atoms with E-state index in [2.05, 4.69) is 56.3 Å². The van der Waals surface area contributed by atoms with Crippen LogP contribution < -0.4 is 4.90 Å². The molecule has 3 aromatic rings. The number of hydrogen-bond donors (Lipinski definition) is 0. The van der Waals surface area contributed by atoms with Crippen LogP contribution in [0, 0.1) is 0 Å².